The SMILES string of the molecule is CCC1COC(C)CN1c1ccc(CNC(C)C)c(Cl)c1. The number of nitrogens with one attached hydrogen (secondary N) is 1. The fourth-order valence-corrected chi connectivity index (χ4v) is 2.91. The number of anilines is 1. The van der Waals surface area contributed by atoms with Gasteiger partial charge in [-0.25, -0.2) is 0 Å². The van der Waals surface area contributed by atoms with Crippen molar-refractivity contribution in [3.05, 3.63) is 28.8 Å². The molecule has 0 bridgehead atoms. The molecule has 1 heterocycles. The van der Waals surface area contributed by atoms with Crippen molar-refractivity contribution >= 4 is 17.3 Å². The van der Waals surface area contributed by atoms with Crippen molar-refractivity contribution in [2.24, 2.45) is 0 Å². The fourth-order valence-electron chi connectivity index (χ4n) is 2.67. The van der Waals surface area contributed by atoms with Crippen LogP contribution in [0.25, 0.3) is 0 Å². The first-order valence-corrected chi connectivity index (χ1v) is 8.29. The normalized spacial score (nSPS) is 22.9. The summed E-state index contributed by atoms with van der Waals surface area (Å²) in [5, 5.41) is 4.25. The summed E-state index contributed by atoms with van der Waals surface area (Å²) in [5.74, 6) is 0. The van der Waals surface area contributed by atoms with Crippen LogP contribution in [0, 0.1) is 0 Å². The first kappa shape index (κ1) is 16.6. The van der Waals surface area contributed by atoms with Gasteiger partial charge in [0.15, 0.2) is 0 Å². The van der Waals surface area contributed by atoms with Gasteiger partial charge in [0.25, 0.3) is 0 Å². The first-order valence-electron chi connectivity index (χ1n) is 7.91. The molecule has 1 aliphatic rings. The van der Waals surface area contributed by atoms with Gasteiger partial charge < -0.3 is 15.0 Å². The van der Waals surface area contributed by atoms with Gasteiger partial charge in [0.05, 0.1) is 18.8 Å². The molecule has 1 N–H and O–H groups in total. The number of benzene rings is 1. The third kappa shape index (κ3) is 4.35. The summed E-state index contributed by atoms with van der Waals surface area (Å²) in [5.41, 5.74) is 2.36. The van der Waals surface area contributed by atoms with Gasteiger partial charge in [0.2, 0.25) is 0 Å². The van der Waals surface area contributed by atoms with Crippen molar-refractivity contribution < 1.29 is 4.74 Å². The minimum atomic E-state index is 0.272. The molecule has 0 spiro atoms. The number of rotatable bonds is 5. The maximum Gasteiger partial charge on any atom is 0.0723 e. The van der Waals surface area contributed by atoms with Gasteiger partial charge in [0.1, 0.15) is 0 Å². The molecule has 1 aromatic carbocycles. The van der Waals surface area contributed by atoms with Crippen molar-refractivity contribution in [3.63, 3.8) is 0 Å². The summed E-state index contributed by atoms with van der Waals surface area (Å²) in [6.45, 7) is 11.2. The molecular formula is C17H27ClN2O. The molecule has 118 valence electrons. The van der Waals surface area contributed by atoms with Crippen molar-refractivity contribution in [3.8, 4) is 0 Å². The van der Waals surface area contributed by atoms with E-state index in [0.29, 0.717) is 12.1 Å². The molecule has 1 aromatic rings. The van der Waals surface area contributed by atoms with E-state index in [2.05, 4.69) is 56.1 Å². The Kier molecular flexibility index (Phi) is 5.91. The van der Waals surface area contributed by atoms with E-state index >= 15 is 0 Å². The topological polar surface area (TPSA) is 24.5 Å². The highest BCUT2D eigenvalue weighted by molar-refractivity contribution is 6.31. The van der Waals surface area contributed by atoms with E-state index in [-0.39, 0.29) is 6.10 Å². The third-order valence-electron chi connectivity index (χ3n) is 4.01. The highest BCUT2D eigenvalue weighted by Gasteiger charge is 2.26. The van der Waals surface area contributed by atoms with Gasteiger partial charge in [-0.1, -0.05) is 38.4 Å². The lowest BCUT2D eigenvalue weighted by Gasteiger charge is -2.40. The molecule has 0 saturated carbocycles. The van der Waals surface area contributed by atoms with E-state index in [1.165, 1.54) is 5.69 Å². The van der Waals surface area contributed by atoms with Crippen molar-refractivity contribution in [1.82, 2.24) is 5.32 Å². The molecule has 21 heavy (non-hydrogen) atoms. The Balaban J connectivity index is 2.14. The van der Waals surface area contributed by atoms with Crippen LogP contribution in [0.1, 0.15) is 39.7 Å². The molecule has 1 fully saturated rings. The average molecular weight is 311 g/mol. The molecule has 2 atom stereocenters. The Morgan fingerprint density at radius 2 is 2.19 bits per heavy atom. The summed E-state index contributed by atoms with van der Waals surface area (Å²) < 4.78 is 5.77. The Labute approximate surface area is 133 Å². The molecule has 3 nitrogen and oxygen atoms in total. The predicted molar refractivity (Wildman–Crippen MR) is 90.3 cm³/mol. The standard InChI is InChI=1S/C17H27ClN2O/c1-5-15-11-21-13(4)10-20(15)16-7-6-14(17(18)8-16)9-19-12(2)3/h6-8,12-13,15,19H,5,9-11H2,1-4H3. The lowest BCUT2D eigenvalue weighted by atomic mass is 10.1. The minimum absolute atomic E-state index is 0.272. The number of halogens is 1. The smallest absolute Gasteiger partial charge is 0.0723 e. The van der Waals surface area contributed by atoms with E-state index in [9.17, 15) is 0 Å². The van der Waals surface area contributed by atoms with E-state index in [1.54, 1.807) is 0 Å². The minimum Gasteiger partial charge on any atom is -0.375 e. The molecule has 0 aromatic heterocycles. The third-order valence-corrected chi connectivity index (χ3v) is 4.36. The van der Waals surface area contributed by atoms with Crippen LogP contribution in [-0.4, -0.2) is 31.3 Å². The highest BCUT2D eigenvalue weighted by Crippen LogP contribution is 2.28. The Morgan fingerprint density at radius 1 is 1.43 bits per heavy atom. The summed E-state index contributed by atoms with van der Waals surface area (Å²) in [6, 6.07) is 7.32. The number of nitrogens with zero attached hydrogens (tertiary/aromatic N) is 1. The van der Waals surface area contributed by atoms with Crippen LogP contribution in [0.5, 0.6) is 0 Å². The average Bonchev–Trinajstić information content (AvgIpc) is 2.45. The van der Waals surface area contributed by atoms with E-state index < -0.39 is 0 Å². The van der Waals surface area contributed by atoms with Gasteiger partial charge >= 0.3 is 0 Å². The number of morpholine rings is 1. The number of ether oxygens (including phenoxy) is 1. The largest absolute Gasteiger partial charge is 0.375 e. The predicted octanol–water partition coefficient (Wildman–Crippen LogP) is 3.84. The number of hydrogen-bond donors (Lipinski definition) is 1. The maximum atomic E-state index is 6.46. The van der Waals surface area contributed by atoms with Gasteiger partial charge in [-0.3, -0.25) is 0 Å². The zero-order valence-electron chi connectivity index (χ0n) is 13.5. The quantitative estimate of drug-likeness (QED) is 0.894. The van der Waals surface area contributed by atoms with Gasteiger partial charge in [-0.05, 0) is 31.0 Å². The second-order valence-electron chi connectivity index (χ2n) is 6.17. The van der Waals surface area contributed by atoms with Crippen molar-refractivity contribution in [2.45, 2.75) is 58.8 Å². The van der Waals surface area contributed by atoms with Gasteiger partial charge in [-0.2, -0.15) is 0 Å². The summed E-state index contributed by atoms with van der Waals surface area (Å²) >= 11 is 6.46. The molecule has 2 unspecified atom stereocenters. The van der Waals surface area contributed by atoms with Crippen molar-refractivity contribution in [1.29, 1.82) is 0 Å². The molecule has 1 aliphatic heterocycles. The van der Waals surface area contributed by atoms with E-state index in [0.717, 1.165) is 36.7 Å². The lowest BCUT2D eigenvalue weighted by Crippen LogP contribution is -2.48. The zero-order valence-corrected chi connectivity index (χ0v) is 14.3. The highest BCUT2D eigenvalue weighted by atomic mass is 35.5. The van der Waals surface area contributed by atoms with Crippen LogP contribution in [0.15, 0.2) is 18.2 Å². The monoisotopic (exact) mass is 310 g/mol. The molecule has 0 aliphatic carbocycles. The van der Waals surface area contributed by atoms with Gasteiger partial charge in [-0.15, -0.1) is 0 Å². The molecule has 4 heteroatoms. The lowest BCUT2D eigenvalue weighted by molar-refractivity contribution is 0.0299. The van der Waals surface area contributed by atoms with Crippen LogP contribution in [-0.2, 0) is 11.3 Å². The van der Waals surface area contributed by atoms with Crippen LogP contribution in [0.4, 0.5) is 5.69 Å². The van der Waals surface area contributed by atoms with E-state index in [1.807, 2.05) is 0 Å². The van der Waals surface area contributed by atoms with E-state index in [4.69, 9.17) is 16.3 Å². The van der Waals surface area contributed by atoms with Gasteiger partial charge in [0, 0.05) is 29.8 Å². The van der Waals surface area contributed by atoms with Crippen LogP contribution >= 0.6 is 11.6 Å². The second kappa shape index (κ2) is 7.48. The Bertz CT molecular complexity index is 464. The zero-order chi connectivity index (χ0) is 15.4. The number of hydrogen-bond acceptors (Lipinski definition) is 3. The Hall–Kier alpha value is -0.770. The molecule has 2 rings (SSSR count). The summed E-state index contributed by atoms with van der Waals surface area (Å²) in [4.78, 5) is 2.43. The van der Waals surface area contributed by atoms with Crippen LogP contribution in [0.3, 0.4) is 0 Å². The molecule has 0 radical (unpaired) electrons. The van der Waals surface area contributed by atoms with Crippen molar-refractivity contribution in [2.75, 3.05) is 18.1 Å². The molecule has 0 amide bonds. The Morgan fingerprint density at radius 3 is 2.81 bits per heavy atom. The summed E-state index contributed by atoms with van der Waals surface area (Å²) in [7, 11) is 0. The van der Waals surface area contributed by atoms with Crippen LogP contribution in [0.2, 0.25) is 5.02 Å². The maximum absolute atomic E-state index is 6.46. The summed E-state index contributed by atoms with van der Waals surface area (Å²) in [6.07, 6.45) is 1.36. The second-order valence-corrected chi connectivity index (χ2v) is 6.58. The fraction of sp³-hybridized carbons (Fsp3) is 0.647. The first-order chi connectivity index (χ1) is 10.0. The van der Waals surface area contributed by atoms with Crippen LogP contribution < -0.4 is 10.2 Å². The molecule has 1 saturated heterocycles. The molecular weight excluding hydrogens is 284 g/mol.